The molecule has 0 fully saturated rings. The summed E-state index contributed by atoms with van der Waals surface area (Å²) in [7, 11) is 1.42. The van der Waals surface area contributed by atoms with Gasteiger partial charge in [-0.15, -0.1) is 0 Å². The van der Waals surface area contributed by atoms with Crippen molar-refractivity contribution in [2.45, 2.75) is 61.7 Å². The summed E-state index contributed by atoms with van der Waals surface area (Å²) in [6.07, 6.45) is 6.12. The fraction of sp³-hybridized carbons (Fsp3) is 0.870. The lowest BCUT2D eigenvalue weighted by molar-refractivity contribution is -0.149. The number of alkyl halides is 3. The van der Waals surface area contributed by atoms with Crippen LogP contribution in [0.25, 0.3) is 0 Å². The van der Waals surface area contributed by atoms with Gasteiger partial charge in [-0.3, -0.25) is 14.4 Å². The van der Waals surface area contributed by atoms with Gasteiger partial charge in [0.15, 0.2) is 0 Å². The quantitative estimate of drug-likeness (QED) is 0.0831. The molecular weight excluding hydrogens is 553 g/mol. The van der Waals surface area contributed by atoms with Crippen LogP contribution in [-0.2, 0) is 33.3 Å². The van der Waals surface area contributed by atoms with Crippen LogP contribution in [0.2, 0.25) is 0 Å². The van der Waals surface area contributed by atoms with Crippen molar-refractivity contribution in [3.8, 4) is 0 Å². The van der Waals surface area contributed by atoms with Crippen molar-refractivity contribution >= 4 is 52.6 Å². The molecule has 14 heteroatoms. The Bertz CT molecular complexity index is 584. The molecular formula is C23H44Cl3N3O8. The summed E-state index contributed by atoms with van der Waals surface area (Å²) in [5, 5.41) is 13.9. The Balaban J connectivity index is 0. The molecule has 0 saturated heterocycles. The molecule has 1 unspecified atom stereocenters. The van der Waals surface area contributed by atoms with Crippen molar-refractivity contribution in [2.24, 2.45) is 5.73 Å². The summed E-state index contributed by atoms with van der Waals surface area (Å²) in [4.78, 5) is 33.1. The van der Waals surface area contributed by atoms with E-state index in [2.05, 4.69) is 22.3 Å². The molecule has 0 aliphatic heterocycles. The topological polar surface area (TPSA) is 158 Å². The number of aliphatic carboxylic acids is 1. The molecule has 0 heterocycles. The SMILES string of the molecule is CCCCCCCNC(=O)CCOCCOCCOCCN.CNC(CC(=O)OCC(Cl)(Cl)Cl)C(=O)O. The molecule has 0 aliphatic carbocycles. The number of carbonyl (C=O) groups is 3. The summed E-state index contributed by atoms with van der Waals surface area (Å²) in [6, 6.07) is -1.01. The van der Waals surface area contributed by atoms with Gasteiger partial charge >= 0.3 is 11.9 Å². The number of hydrogen-bond donors (Lipinski definition) is 4. The standard InChI is InChI=1S/C16H34N2O4.C7H10Cl3NO4/c1-2-3-4-5-6-9-18-16(19)7-10-20-12-14-22-15-13-21-11-8-17;1-11-4(6(13)14)2-5(12)15-3-7(8,9)10/h2-15,17H2,1H3,(H,18,19);4,11H,2-3H2,1H3,(H,13,14). The van der Waals surface area contributed by atoms with E-state index in [0.29, 0.717) is 52.6 Å². The highest BCUT2D eigenvalue weighted by molar-refractivity contribution is 6.67. The van der Waals surface area contributed by atoms with E-state index in [4.69, 9.17) is 59.9 Å². The van der Waals surface area contributed by atoms with Crippen molar-refractivity contribution in [2.75, 3.05) is 66.4 Å². The predicted molar refractivity (Wildman–Crippen MR) is 144 cm³/mol. The van der Waals surface area contributed by atoms with Crippen molar-refractivity contribution in [3.05, 3.63) is 0 Å². The van der Waals surface area contributed by atoms with Crippen LogP contribution in [0, 0.1) is 0 Å². The first-order valence-corrected chi connectivity index (χ1v) is 13.5. The van der Waals surface area contributed by atoms with E-state index in [1.54, 1.807) is 0 Å². The molecule has 0 aromatic carbocycles. The number of carbonyl (C=O) groups excluding carboxylic acids is 2. The van der Waals surface area contributed by atoms with Gasteiger partial charge in [0.05, 0.1) is 46.1 Å². The molecule has 0 aromatic heterocycles. The van der Waals surface area contributed by atoms with Crippen LogP contribution in [0.15, 0.2) is 0 Å². The van der Waals surface area contributed by atoms with Crippen LogP contribution in [0.4, 0.5) is 0 Å². The van der Waals surface area contributed by atoms with Crippen molar-refractivity contribution in [3.63, 3.8) is 0 Å². The van der Waals surface area contributed by atoms with Gasteiger partial charge in [-0.25, -0.2) is 0 Å². The van der Waals surface area contributed by atoms with E-state index in [1.807, 2.05) is 0 Å². The minimum atomic E-state index is -1.69. The smallest absolute Gasteiger partial charge is 0.321 e. The number of esters is 1. The van der Waals surface area contributed by atoms with Crippen LogP contribution < -0.4 is 16.4 Å². The molecule has 0 aromatic rings. The molecule has 37 heavy (non-hydrogen) atoms. The maximum absolute atomic E-state index is 11.5. The average Bonchev–Trinajstić information content (AvgIpc) is 2.84. The van der Waals surface area contributed by atoms with Gasteiger partial charge in [-0.2, -0.15) is 0 Å². The highest BCUT2D eigenvalue weighted by Crippen LogP contribution is 2.26. The molecule has 1 atom stereocenters. The maximum atomic E-state index is 11.5. The van der Waals surface area contributed by atoms with Crippen LogP contribution in [0.1, 0.15) is 51.9 Å². The zero-order valence-electron chi connectivity index (χ0n) is 21.9. The number of ether oxygens (including phenoxy) is 4. The lowest BCUT2D eigenvalue weighted by Gasteiger charge is -2.13. The van der Waals surface area contributed by atoms with Gasteiger partial charge in [-0.05, 0) is 13.5 Å². The molecule has 5 N–H and O–H groups in total. The lowest BCUT2D eigenvalue weighted by Crippen LogP contribution is -2.36. The first-order valence-electron chi connectivity index (χ1n) is 12.4. The summed E-state index contributed by atoms with van der Waals surface area (Å²) < 4.78 is 18.7. The minimum Gasteiger partial charge on any atom is -0.480 e. The third-order valence-corrected chi connectivity index (χ3v) is 4.82. The Kier molecular flexibility index (Phi) is 27.6. The Morgan fingerprint density at radius 1 is 0.919 bits per heavy atom. The molecule has 0 rings (SSSR count). The van der Waals surface area contributed by atoms with Gasteiger partial charge in [0.2, 0.25) is 9.70 Å². The number of nitrogens with two attached hydrogens (primary N) is 1. The highest BCUT2D eigenvalue weighted by Gasteiger charge is 2.25. The normalized spacial score (nSPS) is 11.8. The number of carboxylic acid groups (broad SMARTS) is 1. The van der Waals surface area contributed by atoms with E-state index in [1.165, 1.54) is 32.7 Å². The second-order valence-electron chi connectivity index (χ2n) is 7.80. The average molecular weight is 597 g/mol. The number of hydrogen-bond acceptors (Lipinski definition) is 9. The molecule has 0 aliphatic rings. The molecule has 0 radical (unpaired) electrons. The monoisotopic (exact) mass is 595 g/mol. The van der Waals surface area contributed by atoms with Gasteiger partial charge < -0.3 is 40.4 Å². The van der Waals surface area contributed by atoms with Gasteiger partial charge in [0.1, 0.15) is 12.6 Å². The van der Waals surface area contributed by atoms with E-state index in [9.17, 15) is 14.4 Å². The number of carboxylic acids is 1. The summed E-state index contributed by atoms with van der Waals surface area (Å²) >= 11 is 16.0. The summed E-state index contributed by atoms with van der Waals surface area (Å²) in [6.45, 7) is 6.21. The number of halogens is 3. The van der Waals surface area contributed by atoms with Crippen LogP contribution in [-0.4, -0.2) is 99.2 Å². The van der Waals surface area contributed by atoms with Gasteiger partial charge in [0.25, 0.3) is 0 Å². The Morgan fingerprint density at radius 2 is 1.49 bits per heavy atom. The first kappa shape index (κ1) is 38.2. The van der Waals surface area contributed by atoms with Crippen LogP contribution >= 0.6 is 34.8 Å². The maximum Gasteiger partial charge on any atom is 0.321 e. The zero-order valence-corrected chi connectivity index (χ0v) is 24.2. The number of nitrogens with one attached hydrogen (secondary N) is 2. The second-order valence-corrected chi connectivity index (χ2v) is 10.3. The fourth-order valence-electron chi connectivity index (χ4n) is 2.54. The number of likely N-dealkylation sites (N-methyl/N-ethyl adjacent to an activating group) is 1. The predicted octanol–water partition coefficient (Wildman–Crippen LogP) is 2.43. The third kappa shape index (κ3) is 31.2. The molecule has 0 bridgehead atoms. The summed E-state index contributed by atoms with van der Waals surface area (Å²) in [5.74, 6) is -1.84. The van der Waals surface area contributed by atoms with E-state index < -0.39 is 28.4 Å². The molecule has 1 amide bonds. The van der Waals surface area contributed by atoms with E-state index in [-0.39, 0.29) is 12.3 Å². The molecule has 0 saturated carbocycles. The Morgan fingerprint density at radius 3 is 2.00 bits per heavy atom. The van der Waals surface area contributed by atoms with E-state index in [0.717, 1.165) is 13.0 Å². The Hall–Kier alpha value is -0.920. The minimum absolute atomic E-state index is 0.0617. The largest absolute Gasteiger partial charge is 0.480 e. The van der Waals surface area contributed by atoms with Crippen LogP contribution in [0.5, 0.6) is 0 Å². The van der Waals surface area contributed by atoms with Gasteiger partial charge in [0, 0.05) is 19.5 Å². The van der Waals surface area contributed by atoms with Crippen molar-refractivity contribution in [1.82, 2.24) is 10.6 Å². The van der Waals surface area contributed by atoms with E-state index >= 15 is 0 Å². The highest BCUT2D eigenvalue weighted by atomic mass is 35.6. The molecule has 11 nitrogen and oxygen atoms in total. The summed E-state index contributed by atoms with van der Waals surface area (Å²) in [5.41, 5.74) is 5.29. The van der Waals surface area contributed by atoms with Crippen molar-refractivity contribution in [1.29, 1.82) is 0 Å². The Labute approximate surface area is 235 Å². The van der Waals surface area contributed by atoms with Gasteiger partial charge in [-0.1, -0.05) is 67.4 Å². The van der Waals surface area contributed by atoms with Crippen LogP contribution in [0.3, 0.4) is 0 Å². The number of rotatable bonds is 22. The second kappa shape index (κ2) is 26.7. The molecule has 0 spiro atoms. The number of amides is 1. The first-order chi connectivity index (χ1) is 17.6. The molecule has 220 valence electrons. The number of unbranched alkanes of at least 4 members (excludes halogenated alkanes) is 4. The third-order valence-electron chi connectivity index (χ3n) is 4.50. The fourth-order valence-corrected chi connectivity index (χ4v) is 2.70. The lowest BCUT2D eigenvalue weighted by atomic mass is 10.1. The zero-order chi connectivity index (χ0) is 28.4. The van der Waals surface area contributed by atoms with Crippen molar-refractivity contribution < 1.29 is 38.4 Å².